The zero-order valence-electron chi connectivity index (χ0n) is 7.66. The quantitative estimate of drug-likeness (QED) is 0.698. The van der Waals surface area contributed by atoms with Crippen LogP contribution in [0, 0.1) is 6.54 Å². The van der Waals surface area contributed by atoms with E-state index in [4.69, 9.17) is 0 Å². The topological polar surface area (TPSA) is 12.4 Å². The number of nitrogens with zero attached hydrogens (tertiary/aromatic N) is 1. The zero-order chi connectivity index (χ0) is 9.10. The summed E-state index contributed by atoms with van der Waals surface area (Å²) in [6.07, 6.45) is 1.10. The average Bonchev–Trinajstić information content (AvgIpc) is 2.71. The Balaban J connectivity index is 2.22. The first kappa shape index (κ1) is 8.82. The predicted molar refractivity (Wildman–Crippen MR) is 59.1 cm³/mol. The third-order valence-corrected chi connectivity index (χ3v) is 3.04. The highest BCUT2D eigenvalue weighted by molar-refractivity contribution is 8.14. The van der Waals surface area contributed by atoms with Gasteiger partial charge in [0.15, 0.2) is 0 Å². The van der Waals surface area contributed by atoms with Crippen LogP contribution in [0.25, 0.3) is 0 Å². The molecule has 0 atom stereocenters. The molecule has 0 spiro atoms. The van der Waals surface area contributed by atoms with E-state index in [9.17, 15) is 0 Å². The van der Waals surface area contributed by atoms with Crippen molar-refractivity contribution in [2.45, 2.75) is 13.3 Å². The number of thioether (sulfide) groups is 1. The molecule has 0 saturated carbocycles. The van der Waals surface area contributed by atoms with Gasteiger partial charge >= 0.3 is 0 Å². The van der Waals surface area contributed by atoms with Gasteiger partial charge in [-0.05, 0) is 12.0 Å². The molecule has 13 heavy (non-hydrogen) atoms. The fraction of sp³-hybridized carbons (Fsp3) is 0.273. The van der Waals surface area contributed by atoms with Crippen molar-refractivity contribution in [1.29, 1.82) is 0 Å². The Morgan fingerprint density at radius 1 is 1.31 bits per heavy atom. The Labute approximate surface area is 83.3 Å². The van der Waals surface area contributed by atoms with Crippen LogP contribution in [0.15, 0.2) is 29.3 Å². The maximum atomic E-state index is 4.32. The molecule has 0 amide bonds. The average molecular weight is 190 g/mol. The lowest BCUT2D eigenvalue weighted by Gasteiger charge is -2.00. The van der Waals surface area contributed by atoms with Gasteiger partial charge in [0.2, 0.25) is 0 Å². The molecule has 1 aliphatic heterocycles. The van der Waals surface area contributed by atoms with Crippen LogP contribution in [0.5, 0.6) is 0 Å². The van der Waals surface area contributed by atoms with E-state index in [-0.39, 0.29) is 0 Å². The smallest absolute Gasteiger partial charge is 0.0982 e. The predicted octanol–water partition coefficient (Wildman–Crippen LogP) is 2.90. The second kappa shape index (κ2) is 3.97. The van der Waals surface area contributed by atoms with Crippen molar-refractivity contribution in [1.82, 2.24) is 0 Å². The van der Waals surface area contributed by atoms with Crippen molar-refractivity contribution < 1.29 is 0 Å². The summed E-state index contributed by atoms with van der Waals surface area (Å²) in [4.78, 5) is 4.32. The SMILES string of the molecule is CCc1ccc(C2=N[CH]CS2)cc1. The Bertz CT molecular complexity index is 313. The van der Waals surface area contributed by atoms with Gasteiger partial charge in [-0.25, -0.2) is 0 Å². The zero-order valence-corrected chi connectivity index (χ0v) is 8.47. The minimum atomic E-state index is 1.02. The third kappa shape index (κ3) is 1.94. The monoisotopic (exact) mass is 190 g/mol. The number of rotatable bonds is 2. The summed E-state index contributed by atoms with van der Waals surface area (Å²) >= 11 is 1.80. The summed E-state index contributed by atoms with van der Waals surface area (Å²) in [5.41, 5.74) is 2.63. The van der Waals surface area contributed by atoms with Crippen molar-refractivity contribution in [3.63, 3.8) is 0 Å². The highest BCUT2D eigenvalue weighted by Gasteiger charge is 2.08. The summed E-state index contributed by atoms with van der Waals surface area (Å²) in [6, 6.07) is 8.67. The molecule has 1 radical (unpaired) electrons. The van der Waals surface area contributed by atoms with Crippen molar-refractivity contribution in [2.24, 2.45) is 4.99 Å². The van der Waals surface area contributed by atoms with Gasteiger partial charge in [0.25, 0.3) is 0 Å². The van der Waals surface area contributed by atoms with E-state index in [1.54, 1.807) is 11.8 Å². The molecule has 67 valence electrons. The number of aryl methyl sites for hydroxylation is 1. The standard InChI is InChI=1S/C11H12NS/c1-2-9-3-5-10(6-4-9)11-12-7-8-13-11/h3-7H,2,8H2,1H3. The minimum absolute atomic E-state index is 1.02. The summed E-state index contributed by atoms with van der Waals surface area (Å²) < 4.78 is 0. The van der Waals surface area contributed by atoms with Gasteiger partial charge in [-0.2, -0.15) is 0 Å². The molecule has 0 N–H and O–H groups in total. The molecule has 1 heterocycles. The van der Waals surface area contributed by atoms with Gasteiger partial charge in [-0.3, -0.25) is 4.99 Å². The minimum Gasteiger partial charge on any atom is -0.271 e. The highest BCUT2D eigenvalue weighted by atomic mass is 32.2. The first-order valence-corrected chi connectivity index (χ1v) is 5.50. The van der Waals surface area contributed by atoms with E-state index < -0.39 is 0 Å². The van der Waals surface area contributed by atoms with Crippen molar-refractivity contribution in [3.8, 4) is 0 Å². The molecule has 0 unspecified atom stereocenters. The second-order valence-corrected chi connectivity index (χ2v) is 3.99. The van der Waals surface area contributed by atoms with Crippen LogP contribution in [0.4, 0.5) is 0 Å². The molecule has 0 aliphatic carbocycles. The van der Waals surface area contributed by atoms with Gasteiger partial charge < -0.3 is 0 Å². The van der Waals surface area contributed by atoms with Crippen LogP contribution >= 0.6 is 11.8 Å². The van der Waals surface area contributed by atoms with E-state index in [1.165, 1.54) is 11.1 Å². The molecule has 0 bridgehead atoms. The summed E-state index contributed by atoms with van der Waals surface area (Å²) in [5.74, 6) is 1.02. The van der Waals surface area contributed by atoms with Gasteiger partial charge in [-0.15, -0.1) is 11.8 Å². The lowest BCUT2D eigenvalue weighted by Crippen LogP contribution is -1.91. The lowest BCUT2D eigenvalue weighted by molar-refractivity contribution is 1.14. The summed E-state index contributed by atoms with van der Waals surface area (Å²) in [6.45, 7) is 4.14. The van der Waals surface area contributed by atoms with Crippen LogP contribution in [0.2, 0.25) is 0 Å². The largest absolute Gasteiger partial charge is 0.271 e. The molecule has 1 aromatic rings. The Morgan fingerprint density at radius 3 is 2.62 bits per heavy atom. The fourth-order valence-electron chi connectivity index (χ4n) is 1.31. The second-order valence-electron chi connectivity index (χ2n) is 2.98. The van der Waals surface area contributed by atoms with E-state index in [0.717, 1.165) is 17.2 Å². The number of hydrogen-bond donors (Lipinski definition) is 0. The van der Waals surface area contributed by atoms with E-state index in [2.05, 4.69) is 36.2 Å². The molecule has 2 heteroatoms. The van der Waals surface area contributed by atoms with Gasteiger partial charge in [0, 0.05) is 11.3 Å². The molecule has 1 nitrogen and oxygen atoms in total. The first-order valence-electron chi connectivity index (χ1n) is 4.51. The molecule has 1 aromatic carbocycles. The Hall–Kier alpha value is -0.760. The third-order valence-electron chi connectivity index (χ3n) is 2.11. The van der Waals surface area contributed by atoms with Gasteiger partial charge in [0.1, 0.15) is 0 Å². The van der Waals surface area contributed by atoms with Crippen LogP contribution in [0.3, 0.4) is 0 Å². The van der Waals surface area contributed by atoms with Crippen LogP contribution in [-0.2, 0) is 6.42 Å². The van der Waals surface area contributed by atoms with Crippen molar-refractivity contribution in [2.75, 3.05) is 5.75 Å². The normalized spacial score (nSPS) is 15.9. The molecule has 0 aromatic heterocycles. The van der Waals surface area contributed by atoms with Crippen LogP contribution in [0.1, 0.15) is 18.1 Å². The molecule has 1 aliphatic rings. The number of aliphatic imine (C=N–C) groups is 1. The molecule has 2 rings (SSSR count). The molecule has 0 fully saturated rings. The van der Waals surface area contributed by atoms with Crippen molar-refractivity contribution >= 4 is 16.8 Å². The Kier molecular flexibility index (Phi) is 2.69. The molecular weight excluding hydrogens is 178 g/mol. The van der Waals surface area contributed by atoms with Crippen LogP contribution < -0.4 is 0 Å². The maximum Gasteiger partial charge on any atom is 0.0982 e. The number of hydrogen-bond acceptors (Lipinski definition) is 2. The summed E-state index contributed by atoms with van der Waals surface area (Å²) in [5, 5.41) is 1.16. The van der Waals surface area contributed by atoms with Gasteiger partial charge in [0.05, 0.1) is 11.6 Å². The lowest BCUT2D eigenvalue weighted by atomic mass is 10.1. The van der Waals surface area contributed by atoms with E-state index in [0.29, 0.717) is 0 Å². The Morgan fingerprint density at radius 2 is 2.08 bits per heavy atom. The maximum absolute atomic E-state index is 4.32. The van der Waals surface area contributed by atoms with Crippen LogP contribution in [-0.4, -0.2) is 10.8 Å². The fourth-order valence-corrected chi connectivity index (χ4v) is 2.07. The van der Waals surface area contributed by atoms with Crippen molar-refractivity contribution in [3.05, 3.63) is 41.9 Å². The first-order chi connectivity index (χ1) is 6.40. The molecule has 0 saturated heterocycles. The number of benzene rings is 1. The van der Waals surface area contributed by atoms with E-state index >= 15 is 0 Å². The highest BCUT2D eigenvalue weighted by Crippen LogP contribution is 2.21. The summed E-state index contributed by atoms with van der Waals surface area (Å²) in [7, 11) is 0. The van der Waals surface area contributed by atoms with E-state index in [1.807, 2.05) is 6.54 Å². The molecular formula is C11H12NS. The van der Waals surface area contributed by atoms with Gasteiger partial charge in [-0.1, -0.05) is 31.2 Å².